The van der Waals surface area contributed by atoms with Gasteiger partial charge < -0.3 is 10.1 Å². The highest BCUT2D eigenvalue weighted by molar-refractivity contribution is 5.47. The molecule has 2 heterocycles. The summed E-state index contributed by atoms with van der Waals surface area (Å²) in [5.41, 5.74) is -0.549. The van der Waals surface area contributed by atoms with E-state index < -0.39 is 23.0 Å². The summed E-state index contributed by atoms with van der Waals surface area (Å²) in [4.78, 5) is 8.37. The zero-order chi connectivity index (χ0) is 19.9. The maximum Gasteiger partial charge on any atom is 0.416 e. The first-order valence-electron chi connectivity index (χ1n) is 8.61. The second-order valence-electron chi connectivity index (χ2n) is 6.90. The van der Waals surface area contributed by atoms with Crippen LogP contribution in [0.15, 0.2) is 30.6 Å². The van der Waals surface area contributed by atoms with Crippen molar-refractivity contribution in [3.8, 4) is 0 Å². The third-order valence-electron chi connectivity index (χ3n) is 4.90. The van der Waals surface area contributed by atoms with Crippen molar-refractivity contribution in [1.29, 1.82) is 0 Å². The van der Waals surface area contributed by atoms with Gasteiger partial charge >= 0.3 is 6.18 Å². The molecule has 0 saturated heterocycles. The van der Waals surface area contributed by atoms with E-state index in [1.54, 1.807) is 13.2 Å². The zero-order valence-corrected chi connectivity index (χ0v) is 14.9. The molecule has 1 saturated carbocycles. The molecule has 148 valence electrons. The lowest BCUT2D eigenvalue weighted by atomic mass is 9.94. The fraction of sp³-hybridized carbons (Fsp3) is 0.389. The molecule has 1 fully saturated rings. The van der Waals surface area contributed by atoms with Crippen LogP contribution in [0.25, 0.3) is 5.78 Å². The van der Waals surface area contributed by atoms with Crippen LogP contribution in [0.3, 0.4) is 0 Å². The number of hydrogen-bond acceptors (Lipinski definition) is 5. The fourth-order valence-corrected chi connectivity index (χ4v) is 3.25. The van der Waals surface area contributed by atoms with Crippen molar-refractivity contribution in [3.05, 3.63) is 53.2 Å². The van der Waals surface area contributed by atoms with Crippen molar-refractivity contribution in [2.45, 2.75) is 31.0 Å². The Morgan fingerprint density at radius 3 is 2.68 bits per heavy atom. The van der Waals surface area contributed by atoms with Gasteiger partial charge in [-0.2, -0.15) is 27.8 Å². The molecule has 0 amide bonds. The standard InChI is InChI=1S/C18H17F4N5O/c1-28-8-14-7-15(27-16(26-14)24-10-25-27)23-9-17(2-3-17)11-4-12(18(20,21)22)6-13(19)5-11/h4-7,10,23H,2-3,8-9H2,1H3. The van der Waals surface area contributed by atoms with E-state index in [4.69, 9.17) is 4.74 Å². The van der Waals surface area contributed by atoms with Gasteiger partial charge in [0.05, 0.1) is 17.9 Å². The van der Waals surface area contributed by atoms with Crippen molar-refractivity contribution in [1.82, 2.24) is 19.6 Å². The van der Waals surface area contributed by atoms with Gasteiger partial charge in [-0.3, -0.25) is 0 Å². The van der Waals surface area contributed by atoms with Gasteiger partial charge in [0.2, 0.25) is 0 Å². The number of alkyl halides is 3. The molecule has 3 aromatic rings. The first-order chi connectivity index (χ1) is 13.3. The molecule has 6 nitrogen and oxygen atoms in total. The summed E-state index contributed by atoms with van der Waals surface area (Å²) in [6, 6.07) is 4.48. The topological polar surface area (TPSA) is 64.3 Å². The van der Waals surface area contributed by atoms with E-state index in [9.17, 15) is 17.6 Å². The molecule has 10 heteroatoms. The van der Waals surface area contributed by atoms with Crippen LogP contribution in [0, 0.1) is 5.82 Å². The molecule has 0 spiro atoms. The number of halogens is 4. The van der Waals surface area contributed by atoms with Crippen molar-refractivity contribution < 1.29 is 22.3 Å². The summed E-state index contributed by atoms with van der Waals surface area (Å²) in [5.74, 6) is 0.0846. The van der Waals surface area contributed by atoms with E-state index in [1.165, 1.54) is 16.9 Å². The van der Waals surface area contributed by atoms with Gasteiger partial charge in [-0.05, 0) is 36.6 Å². The number of fused-ring (bicyclic) bond motifs is 1. The molecule has 1 aliphatic rings. The molecule has 1 N–H and O–H groups in total. The number of benzene rings is 1. The minimum absolute atomic E-state index is 0.280. The summed E-state index contributed by atoms with van der Waals surface area (Å²) in [5, 5.41) is 7.32. The molecule has 28 heavy (non-hydrogen) atoms. The van der Waals surface area contributed by atoms with Crippen LogP contribution in [-0.4, -0.2) is 33.2 Å². The van der Waals surface area contributed by atoms with E-state index in [1.807, 2.05) is 0 Å². The summed E-state index contributed by atoms with van der Waals surface area (Å²) < 4.78 is 59.5. The maximum absolute atomic E-state index is 13.8. The Labute approximate surface area is 157 Å². The minimum Gasteiger partial charge on any atom is -0.378 e. The highest BCUT2D eigenvalue weighted by Crippen LogP contribution is 2.49. The van der Waals surface area contributed by atoms with Gasteiger partial charge in [-0.15, -0.1) is 0 Å². The third-order valence-corrected chi connectivity index (χ3v) is 4.90. The number of methoxy groups -OCH3 is 1. The average Bonchev–Trinajstić information content (AvgIpc) is 3.28. The van der Waals surface area contributed by atoms with Crippen LogP contribution >= 0.6 is 0 Å². The summed E-state index contributed by atoms with van der Waals surface area (Å²) in [6.45, 7) is 0.612. The van der Waals surface area contributed by atoms with Crippen molar-refractivity contribution in [3.63, 3.8) is 0 Å². The Morgan fingerprint density at radius 1 is 1.21 bits per heavy atom. The van der Waals surface area contributed by atoms with Crippen LogP contribution in [0.1, 0.15) is 29.7 Å². The van der Waals surface area contributed by atoms with Gasteiger partial charge in [0, 0.05) is 25.1 Å². The number of nitrogens with zero attached hydrogens (tertiary/aromatic N) is 4. The molecule has 0 atom stereocenters. The zero-order valence-electron chi connectivity index (χ0n) is 14.9. The first-order valence-corrected chi connectivity index (χ1v) is 8.61. The first kappa shape index (κ1) is 18.6. The number of hydrogen-bond donors (Lipinski definition) is 1. The predicted molar refractivity (Wildman–Crippen MR) is 92.3 cm³/mol. The number of nitrogens with one attached hydrogen (secondary N) is 1. The van der Waals surface area contributed by atoms with Crippen molar-refractivity contribution in [2.75, 3.05) is 19.0 Å². The summed E-state index contributed by atoms with van der Waals surface area (Å²) in [7, 11) is 1.55. The SMILES string of the molecule is COCc1cc(NCC2(c3cc(F)cc(C(F)(F)F)c3)CC2)n2ncnc2n1. The lowest BCUT2D eigenvalue weighted by molar-refractivity contribution is -0.137. The largest absolute Gasteiger partial charge is 0.416 e. The van der Waals surface area contributed by atoms with Gasteiger partial charge in [0.1, 0.15) is 18.0 Å². The Bertz CT molecular complexity index is 1010. The Hall–Kier alpha value is -2.75. The molecular formula is C18H17F4N5O. The maximum atomic E-state index is 13.8. The second kappa shape index (κ2) is 6.69. The van der Waals surface area contributed by atoms with Gasteiger partial charge in [0.25, 0.3) is 5.78 Å². The van der Waals surface area contributed by atoms with Gasteiger partial charge in [-0.25, -0.2) is 9.37 Å². The Morgan fingerprint density at radius 2 is 2.00 bits per heavy atom. The molecule has 2 aromatic heterocycles. The average molecular weight is 395 g/mol. The Kier molecular flexibility index (Phi) is 4.45. The van der Waals surface area contributed by atoms with E-state index >= 15 is 0 Å². The number of anilines is 1. The van der Waals surface area contributed by atoms with Crippen LogP contribution in [-0.2, 0) is 22.9 Å². The molecule has 0 unspecified atom stereocenters. The normalized spacial score (nSPS) is 15.8. The lowest BCUT2D eigenvalue weighted by Crippen LogP contribution is -2.22. The van der Waals surface area contributed by atoms with E-state index in [0.29, 0.717) is 48.3 Å². The number of ether oxygens (including phenoxy) is 1. The van der Waals surface area contributed by atoms with E-state index in [-0.39, 0.29) is 6.61 Å². The van der Waals surface area contributed by atoms with Gasteiger partial charge in [-0.1, -0.05) is 0 Å². The monoisotopic (exact) mass is 395 g/mol. The van der Waals surface area contributed by atoms with Crippen LogP contribution in [0.2, 0.25) is 0 Å². The van der Waals surface area contributed by atoms with Crippen LogP contribution in [0.5, 0.6) is 0 Å². The number of aromatic nitrogens is 4. The van der Waals surface area contributed by atoms with Crippen LogP contribution < -0.4 is 5.32 Å². The highest BCUT2D eigenvalue weighted by atomic mass is 19.4. The van der Waals surface area contributed by atoms with Crippen molar-refractivity contribution >= 4 is 11.6 Å². The summed E-state index contributed by atoms with van der Waals surface area (Å²) >= 11 is 0. The lowest BCUT2D eigenvalue weighted by Gasteiger charge is -2.19. The molecular weight excluding hydrogens is 378 g/mol. The fourth-order valence-electron chi connectivity index (χ4n) is 3.25. The number of rotatable bonds is 6. The van der Waals surface area contributed by atoms with E-state index in [2.05, 4.69) is 20.4 Å². The van der Waals surface area contributed by atoms with Gasteiger partial charge in [0.15, 0.2) is 0 Å². The quantitative estimate of drug-likeness (QED) is 0.647. The molecule has 0 bridgehead atoms. The minimum atomic E-state index is -4.59. The molecule has 0 radical (unpaired) electrons. The van der Waals surface area contributed by atoms with E-state index in [0.717, 1.165) is 6.07 Å². The highest BCUT2D eigenvalue weighted by Gasteiger charge is 2.45. The predicted octanol–water partition coefficient (Wildman–Crippen LogP) is 3.57. The van der Waals surface area contributed by atoms with Crippen molar-refractivity contribution in [2.24, 2.45) is 0 Å². The molecule has 1 aromatic carbocycles. The second-order valence-corrected chi connectivity index (χ2v) is 6.90. The molecule has 1 aliphatic carbocycles. The smallest absolute Gasteiger partial charge is 0.378 e. The Balaban J connectivity index is 1.61. The molecule has 0 aliphatic heterocycles. The van der Waals surface area contributed by atoms with Crippen LogP contribution in [0.4, 0.5) is 23.4 Å². The summed E-state index contributed by atoms with van der Waals surface area (Å²) in [6.07, 6.45) is -1.90. The molecule has 4 rings (SSSR count). The third kappa shape index (κ3) is 3.51.